The summed E-state index contributed by atoms with van der Waals surface area (Å²) in [5.41, 5.74) is -2.00. The summed E-state index contributed by atoms with van der Waals surface area (Å²) in [6, 6.07) is 6.22. The Morgan fingerprint density at radius 1 is 1.24 bits per heavy atom. The van der Waals surface area contributed by atoms with E-state index in [-0.39, 0.29) is 23.9 Å². The van der Waals surface area contributed by atoms with Gasteiger partial charge in [0.15, 0.2) is 0 Å². The fraction of sp³-hybridized carbons (Fsp3) is 0.375. The molecule has 0 aliphatic heterocycles. The van der Waals surface area contributed by atoms with Crippen molar-refractivity contribution in [2.45, 2.75) is 38.1 Å². The van der Waals surface area contributed by atoms with Crippen LogP contribution in [0, 0.1) is 0 Å². The quantitative estimate of drug-likeness (QED) is 0.762. The highest BCUT2D eigenvalue weighted by Gasteiger charge is 2.37. The molecule has 9 heteroatoms. The first-order chi connectivity index (χ1) is 11.7. The van der Waals surface area contributed by atoms with Crippen LogP contribution < -0.4 is 10.3 Å². The molecular formula is C16H13F5N2O2. The van der Waals surface area contributed by atoms with Crippen LogP contribution in [0.15, 0.2) is 35.1 Å². The first kappa shape index (κ1) is 17.4. The zero-order chi connectivity index (χ0) is 18.2. The molecule has 1 aliphatic carbocycles. The Morgan fingerprint density at radius 2 is 1.96 bits per heavy atom. The van der Waals surface area contributed by atoms with Crippen molar-refractivity contribution in [3.8, 4) is 5.75 Å². The van der Waals surface area contributed by atoms with Crippen molar-refractivity contribution in [1.29, 1.82) is 0 Å². The number of alkyl halides is 5. The van der Waals surface area contributed by atoms with E-state index in [0.29, 0.717) is 5.56 Å². The molecule has 0 N–H and O–H groups in total. The predicted octanol–water partition coefficient (Wildman–Crippen LogP) is 3.79. The monoisotopic (exact) mass is 360 g/mol. The Morgan fingerprint density at radius 3 is 2.56 bits per heavy atom. The van der Waals surface area contributed by atoms with Gasteiger partial charge >= 0.3 is 12.8 Å². The summed E-state index contributed by atoms with van der Waals surface area (Å²) in [7, 11) is 0. The van der Waals surface area contributed by atoms with Crippen molar-refractivity contribution in [3.05, 3.63) is 57.5 Å². The van der Waals surface area contributed by atoms with Crippen LogP contribution in [0.4, 0.5) is 22.0 Å². The summed E-state index contributed by atoms with van der Waals surface area (Å²) in [4.78, 5) is 12.1. The van der Waals surface area contributed by atoms with Crippen molar-refractivity contribution < 1.29 is 26.7 Å². The van der Waals surface area contributed by atoms with E-state index in [2.05, 4.69) is 9.84 Å². The lowest BCUT2D eigenvalue weighted by Gasteiger charge is -2.13. The van der Waals surface area contributed by atoms with Crippen molar-refractivity contribution in [2.75, 3.05) is 0 Å². The molecule has 1 heterocycles. The van der Waals surface area contributed by atoms with E-state index < -0.39 is 23.9 Å². The molecule has 1 saturated carbocycles. The molecule has 1 fully saturated rings. The maximum Gasteiger partial charge on any atom is 0.421 e. The summed E-state index contributed by atoms with van der Waals surface area (Å²) in [6.45, 7) is -3.30. The molecule has 0 unspecified atom stereocenters. The van der Waals surface area contributed by atoms with Crippen molar-refractivity contribution >= 4 is 0 Å². The number of benzene rings is 1. The van der Waals surface area contributed by atoms with Crippen LogP contribution in [0.1, 0.15) is 35.6 Å². The molecular weight excluding hydrogens is 347 g/mol. The van der Waals surface area contributed by atoms with Gasteiger partial charge in [0.2, 0.25) is 0 Å². The van der Waals surface area contributed by atoms with Gasteiger partial charge < -0.3 is 4.74 Å². The largest absolute Gasteiger partial charge is 0.435 e. The van der Waals surface area contributed by atoms with Crippen molar-refractivity contribution in [1.82, 2.24) is 9.78 Å². The number of aromatic nitrogens is 2. The molecule has 1 aromatic carbocycles. The van der Waals surface area contributed by atoms with Gasteiger partial charge in [-0.05, 0) is 36.6 Å². The number of ether oxygens (including phenoxy) is 1. The van der Waals surface area contributed by atoms with Gasteiger partial charge in [-0.25, -0.2) is 4.68 Å². The lowest BCUT2D eigenvalue weighted by molar-refractivity contribution is -0.139. The first-order valence-electron chi connectivity index (χ1n) is 7.47. The molecule has 134 valence electrons. The highest BCUT2D eigenvalue weighted by atomic mass is 19.4. The molecule has 0 radical (unpaired) electrons. The molecule has 4 nitrogen and oxygen atoms in total. The van der Waals surface area contributed by atoms with Crippen molar-refractivity contribution in [2.24, 2.45) is 0 Å². The second kappa shape index (κ2) is 6.45. The molecule has 0 atom stereocenters. The molecule has 1 aliphatic rings. The van der Waals surface area contributed by atoms with Crippen LogP contribution in [0.5, 0.6) is 5.75 Å². The lowest BCUT2D eigenvalue weighted by atomic mass is 10.2. The molecule has 0 amide bonds. The van der Waals surface area contributed by atoms with Gasteiger partial charge in [-0.15, -0.1) is 0 Å². The average molecular weight is 360 g/mol. The highest BCUT2D eigenvalue weighted by Crippen LogP contribution is 2.40. The summed E-state index contributed by atoms with van der Waals surface area (Å²) >= 11 is 0. The SMILES string of the molecule is O=c1c(C(F)(F)F)cc(C2CC2)nn1Cc1cccc(OC(F)F)c1. The number of hydrogen-bond donors (Lipinski definition) is 0. The fourth-order valence-corrected chi connectivity index (χ4v) is 2.44. The molecule has 0 saturated heterocycles. The van der Waals surface area contributed by atoms with E-state index in [0.717, 1.165) is 23.6 Å². The molecule has 3 rings (SSSR count). The first-order valence-corrected chi connectivity index (χ1v) is 7.47. The van der Waals surface area contributed by atoms with Gasteiger partial charge in [-0.1, -0.05) is 12.1 Å². The number of rotatable bonds is 5. The number of nitrogens with zero attached hydrogens (tertiary/aromatic N) is 2. The maximum absolute atomic E-state index is 13.1. The van der Waals surface area contributed by atoms with Crippen molar-refractivity contribution in [3.63, 3.8) is 0 Å². The van der Waals surface area contributed by atoms with Crippen LogP contribution in [0.25, 0.3) is 0 Å². The second-order valence-electron chi connectivity index (χ2n) is 5.74. The standard InChI is InChI=1S/C16H13F5N2O2/c17-15(18)25-11-3-1-2-9(6-11)8-23-14(24)12(16(19,20)21)7-13(22-23)10-4-5-10/h1-3,6-7,10,15H,4-5,8H2. The van der Waals surface area contributed by atoms with Gasteiger partial charge in [-0.3, -0.25) is 4.79 Å². The number of hydrogen-bond acceptors (Lipinski definition) is 3. The van der Waals surface area contributed by atoms with Crippen LogP contribution in [0.2, 0.25) is 0 Å². The van der Waals surface area contributed by atoms with Gasteiger partial charge in [0, 0.05) is 5.92 Å². The van der Waals surface area contributed by atoms with E-state index in [4.69, 9.17) is 0 Å². The maximum atomic E-state index is 13.1. The molecule has 0 bridgehead atoms. The van der Waals surface area contributed by atoms with Gasteiger partial charge in [-0.2, -0.15) is 27.1 Å². The molecule has 25 heavy (non-hydrogen) atoms. The summed E-state index contributed by atoms with van der Waals surface area (Å²) in [5, 5.41) is 4.01. The zero-order valence-electron chi connectivity index (χ0n) is 12.8. The fourth-order valence-electron chi connectivity index (χ4n) is 2.44. The van der Waals surface area contributed by atoms with Gasteiger partial charge in [0.1, 0.15) is 11.3 Å². The third kappa shape index (κ3) is 4.15. The van der Waals surface area contributed by atoms with E-state index in [1.807, 2.05) is 0 Å². The van der Waals surface area contributed by atoms with Gasteiger partial charge in [0.25, 0.3) is 5.56 Å². The van der Waals surface area contributed by atoms with E-state index >= 15 is 0 Å². The van der Waals surface area contributed by atoms with E-state index in [1.165, 1.54) is 24.3 Å². The predicted molar refractivity (Wildman–Crippen MR) is 77.7 cm³/mol. The Kier molecular flexibility index (Phi) is 4.49. The minimum absolute atomic E-state index is 0.0820. The van der Waals surface area contributed by atoms with Crippen LogP contribution in [-0.4, -0.2) is 16.4 Å². The lowest BCUT2D eigenvalue weighted by Crippen LogP contribution is -2.31. The van der Waals surface area contributed by atoms with Gasteiger partial charge in [0.05, 0.1) is 12.2 Å². The van der Waals surface area contributed by atoms with E-state index in [9.17, 15) is 26.7 Å². The Labute approximate surface area is 138 Å². The average Bonchev–Trinajstić information content (AvgIpc) is 3.32. The highest BCUT2D eigenvalue weighted by molar-refractivity contribution is 5.29. The Hall–Kier alpha value is -2.45. The van der Waals surface area contributed by atoms with Crippen LogP contribution in [-0.2, 0) is 12.7 Å². The Balaban J connectivity index is 1.97. The third-order valence-corrected chi connectivity index (χ3v) is 3.75. The number of halogens is 5. The zero-order valence-corrected chi connectivity index (χ0v) is 12.8. The van der Waals surface area contributed by atoms with Crippen LogP contribution in [0.3, 0.4) is 0 Å². The van der Waals surface area contributed by atoms with E-state index in [1.54, 1.807) is 0 Å². The summed E-state index contributed by atoms with van der Waals surface area (Å²) in [6.07, 6.45) is -3.34. The minimum Gasteiger partial charge on any atom is -0.435 e. The third-order valence-electron chi connectivity index (χ3n) is 3.75. The summed E-state index contributed by atoms with van der Waals surface area (Å²) in [5.74, 6) is -0.226. The minimum atomic E-state index is -4.79. The second-order valence-corrected chi connectivity index (χ2v) is 5.74. The molecule has 2 aromatic rings. The molecule has 0 spiro atoms. The summed E-state index contributed by atoms with van der Waals surface area (Å²) < 4.78 is 68.8. The van der Waals surface area contributed by atoms with Crippen LogP contribution >= 0.6 is 0 Å². The smallest absolute Gasteiger partial charge is 0.421 e. The topological polar surface area (TPSA) is 44.1 Å². The Bertz CT molecular complexity index is 828. The normalized spacial score (nSPS) is 14.8. The molecule has 1 aromatic heterocycles.